The molecule has 6 rings (SSSR count). The summed E-state index contributed by atoms with van der Waals surface area (Å²) in [4.78, 5) is 41.9. The molecule has 0 N–H and O–H groups in total. The number of hydrogen-bond acceptors (Lipinski definition) is 4. The SMILES string of the molecule is Cc1ccccc1-c1c(C)c(COC(=O)c2ccc(Br)cc2)c(-c2ccccc2C)c2c1C(=O)c1ccccc1C2=O. The van der Waals surface area contributed by atoms with E-state index in [2.05, 4.69) is 15.9 Å². The highest BCUT2D eigenvalue weighted by molar-refractivity contribution is 9.10. The second-order valence-corrected chi connectivity index (χ2v) is 11.4. The molecule has 0 aromatic heterocycles. The maximum Gasteiger partial charge on any atom is 0.338 e. The van der Waals surface area contributed by atoms with E-state index < -0.39 is 5.97 Å². The summed E-state index contributed by atoms with van der Waals surface area (Å²) in [5, 5.41) is 0. The van der Waals surface area contributed by atoms with Crippen LogP contribution < -0.4 is 0 Å². The van der Waals surface area contributed by atoms with E-state index in [0.717, 1.165) is 32.3 Å². The second kappa shape index (κ2) is 11.0. The Labute approximate surface area is 253 Å². The normalized spacial score (nSPS) is 12.1. The standard InChI is InChI=1S/C37H27BrO4/c1-21-10-4-6-12-26(21)31-23(3)30(20-42-37(41)24-16-18-25(38)19-17-24)32(27-13-7-5-11-22(27)2)34-33(31)35(39)28-14-8-9-15-29(28)36(34)40/h4-19H,20H2,1-3H3. The molecule has 42 heavy (non-hydrogen) atoms. The van der Waals surface area contributed by atoms with Gasteiger partial charge in [0.25, 0.3) is 0 Å². The van der Waals surface area contributed by atoms with E-state index in [1.54, 1.807) is 48.5 Å². The number of carbonyl (C=O) groups excluding carboxylic acids is 3. The van der Waals surface area contributed by atoms with Crippen LogP contribution in [0.2, 0.25) is 0 Å². The van der Waals surface area contributed by atoms with Crippen LogP contribution in [0, 0.1) is 20.8 Å². The number of rotatable bonds is 5. The summed E-state index contributed by atoms with van der Waals surface area (Å²) in [5.41, 5.74) is 8.38. The van der Waals surface area contributed by atoms with E-state index >= 15 is 0 Å². The Morgan fingerprint density at radius 2 is 1.05 bits per heavy atom. The maximum atomic E-state index is 14.4. The van der Waals surface area contributed by atoms with Crippen molar-refractivity contribution in [3.63, 3.8) is 0 Å². The summed E-state index contributed by atoms with van der Waals surface area (Å²) in [6.45, 7) is 5.85. The van der Waals surface area contributed by atoms with Crippen molar-refractivity contribution in [2.45, 2.75) is 27.4 Å². The monoisotopic (exact) mass is 614 g/mol. The van der Waals surface area contributed by atoms with Crippen LogP contribution in [0.1, 0.15) is 64.5 Å². The van der Waals surface area contributed by atoms with Crippen LogP contribution in [0.15, 0.2) is 102 Å². The van der Waals surface area contributed by atoms with Crippen LogP contribution in [-0.2, 0) is 11.3 Å². The lowest BCUT2D eigenvalue weighted by Gasteiger charge is -2.29. The molecule has 0 spiro atoms. The molecule has 0 atom stereocenters. The third-order valence-corrected chi connectivity index (χ3v) is 8.53. The van der Waals surface area contributed by atoms with E-state index in [1.807, 2.05) is 69.3 Å². The van der Waals surface area contributed by atoms with Gasteiger partial charge < -0.3 is 4.74 Å². The first-order valence-electron chi connectivity index (χ1n) is 13.7. The van der Waals surface area contributed by atoms with Crippen molar-refractivity contribution in [3.05, 3.63) is 152 Å². The Kier molecular flexibility index (Phi) is 7.21. The predicted molar refractivity (Wildman–Crippen MR) is 168 cm³/mol. The molecule has 0 amide bonds. The summed E-state index contributed by atoms with van der Waals surface area (Å²) in [6, 6.07) is 29.6. The third-order valence-electron chi connectivity index (χ3n) is 8.01. The Morgan fingerprint density at radius 1 is 0.595 bits per heavy atom. The van der Waals surface area contributed by atoms with Crippen molar-refractivity contribution in [1.29, 1.82) is 0 Å². The molecule has 0 bridgehead atoms. The molecule has 0 unspecified atom stereocenters. The highest BCUT2D eigenvalue weighted by Crippen LogP contribution is 2.46. The number of carbonyl (C=O) groups is 3. The lowest BCUT2D eigenvalue weighted by atomic mass is 9.73. The zero-order chi connectivity index (χ0) is 29.5. The van der Waals surface area contributed by atoms with E-state index in [1.165, 1.54) is 0 Å². The van der Waals surface area contributed by atoms with Gasteiger partial charge in [-0.15, -0.1) is 0 Å². The van der Waals surface area contributed by atoms with Crippen molar-refractivity contribution >= 4 is 33.5 Å². The number of fused-ring (bicyclic) bond motifs is 2. The fourth-order valence-corrected chi connectivity index (χ4v) is 6.12. The number of ether oxygens (including phenoxy) is 1. The smallest absolute Gasteiger partial charge is 0.338 e. The van der Waals surface area contributed by atoms with Crippen molar-refractivity contribution in [1.82, 2.24) is 0 Å². The van der Waals surface area contributed by atoms with Gasteiger partial charge in [0, 0.05) is 37.9 Å². The van der Waals surface area contributed by atoms with E-state index in [0.29, 0.717) is 44.5 Å². The van der Waals surface area contributed by atoms with E-state index in [-0.39, 0.29) is 18.2 Å². The molecular formula is C37H27BrO4. The lowest BCUT2D eigenvalue weighted by Crippen LogP contribution is -2.25. The Bertz CT molecular complexity index is 1920. The number of benzene rings is 5. The fraction of sp³-hybridized carbons (Fsp3) is 0.108. The molecule has 5 heteroatoms. The number of aryl methyl sites for hydroxylation is 2. The van der Waals surface area contributed by atoms with Gasteiger partial charge >= 0.3 is 5.97 Å². The first kappa shape index (κ1) is 27.6. The van der Waals surface area contributed by atoms with Gasteiger partial charge in [0.15, 0.2) is 11.6 Å². The van der Waals surface area contributed by atoms with Gasteiger partial charge in [0.1, 0.15) is 6.61 Å². The number of hydrogen-bond donors (Lipinski definition) is 0. The molecule has 0 fully saturated rings. The Hall–Kier alpha value is -4.61. The minimum atomic E-state index is -0.472. The molecule has 5 aromatic carbocycles. The van der Waals surface area contributed by atoms with Crippen molar-refractivity contribution in [3.8, 4) is 22.3 Å². The van der Waals surface area contributed by atoms with Crippen LogP contribution in [-0.4, -0.2) is 17.5 Å². The van der Waals surface area contributed by atoms with E-state index in [9.17, 15) is 14.4 Å². The average molecular weight is 616 g/mol. The Morgan fingerprint density at radius 3 is 1.57 bits per heavy atom. The molecular weight excluding hydrogens is 588 g/mol. The van der Waals surface area contributed by atoms with Gasteiger partial charge in [0.05, 0.1) is 5.56 Å². The second-order valence-electron chi connectivity index (χ2n) is 10.5. The minimum absolute atomic E-state index is 0.0698. The molecule has 5 aromatic rings. The molecule has 0 saturated carbocycles. The summed E-state index contributed by atoms with van der Waals surface area (Å²) < 4.78 is 6.79. The summed E-state index contributed by atoms with van der Waals surface area (Å²) in [6.07, 6.45) is 0. The topological polar surface area (TPSA) is 60.4 Å². The first-order valence-corrected chi connectivity index (χ1v) is 14.5. The van der Waals surface area contributed by atoms with Crippen molar-refractivity contribution in [2.75, 3.05) is 0 Å². The largest absolute Gasteiger partial charge is 0.457 e. The summed E-state index contributed by atoms with van der Waals surface area (Å²) in [7, 11) is 0. The van der Waals surface area contributed by atoms with Gasteiger partial charge in [-0.05, 0) is 78.4 Å². The number of halogens is 1. The van der Waals surface area contributed by atoms with Crippen LogP contribution in [0.25, 0.3) is 22.3 Å². The molecule has 1 aliphatic rings. The summed E-state index contributed by atoms with van der Waals surface area (Å²) >= 11 is 3.40. The minimum Gasteiger partial charge on any atom is -0.457 e. The third kappa shape index (κ3) is 4.60. The maximum absolute atomic E-state index is 14.4. The van der Waals surface area contributed by atoms with Gasteiger partial charge in [-0.2, -0.15) is 0 Å². The van der Waals surface area contributed by atoms with Crippen LogP contribution in [0.5, 0.6) is 0 Å². The molecule has 0 aliphatic heterocycles. The molecule has 0 heterocycles. The highest BCUT2D eigenvalue weighted by atomic mass is 79.9. The van der Waals surface area contributed by atoms with Crippen LogP contribution >= 0.6 is 15.9 Å². The van der Waals surface area contributed by atoms with Gasteiger partial charge in [-0.25, -0.2) is 4.79 Å². The molecule has 206 valence electrons. The molecule has 0 saturated heterocycles. The average Bonchev–Trinajstić information content (AvgIpc) is 3.00. The van der Waals surface area contributed by atoms with Gasteiger partial charge in [-0.3, -0.25) is 9.59 Å². The predicted octanol–water partition coefficient (Wildman–Crippen LogP) is 8.84. The molecule has 0 radical (unpaired) electrons. The lowest BCUT2D eigenvalue weighted by molar-refractivity contribution is 0.0472. The van der Waals surface area contributed by atoms with Gasteiger partial charge in [-0.1, -0.05) is 88.7 Å². The Balaban J connectivity index is 1.67. The van der Waals surface area contributed by atoms with Crippen molar-refractivity contribution in [2.24, 2.45) is 0 Å². The first-order chi connectivity index (χ1) is 20.3. The number of ketones is 2. The van der Waals surface area contributed by atoms with Crippen LogP contribution in [0.4, 0.5) is 0 Å². The summed E-state index contributed by atoms with van der Waals surface area (Å²) in [5.74, 6) is -0.871. The zero-order valence-corrected chi connectivity index (χ0v) is 25.0. The van der Waals surface area contributed by atoms with Gasteiger partial charge in [0.2, 0.25) is 0 Å². The highest BCUT2D eigenvalue weighted by Gasteiger charge is 2.37. The van der Waals surface area contributed by atoms with Crippen molar-refractivity contribution < 1.29 is 19.1 Å². The molecule has 1 aliphatic carbocycles. The quantitative estimate of drug-likeness (QED) is 0.182. The van der Waals surface area contributed by atoms with Crippen LogP contribution in [0.3, 0.4) is 0 Å². The molecule has 4 nitrogen and oxygen atoms in total. The zero-order valence-electron chi connectivity index (χ0n) is 23.5. The van der Waals surface area contributed by atoms with E-state index in [4.69, 9.17) is 4.74 Å². The number of esters is 1. The fourth-order valence-electron chi connectivity index (χ4n) is 5.86.